The van der Waals surface area contributed by atoms with Gasteiger partial charge >= 0.3 is 19.8 Å². The second-order valence-electron chi connectivity index (χ2n) is 21.7. The fraction of sp³-hybridized carbons (Fsp3) is 0.727. The molecule has 0 spiro atoms. The van der Waals surface area contributed by atoms with Gasteiger partial charge in [0.25, 0.3) is 0 Å². The summed E-state index contributed by atoms with van der Waals surface area (Å²) in [6.07, 6.45) is 77.7. The first-order chi connectivity index (χ1) is 37.0. The summed E-state index contributed by atoms with van der Waals surface area (Å²) in [6, 6.07) is 0. The average Bonchev–Trinajstić information content (AvgIpc) is 3.38. The van der Waals surface area contributed by atoms with Crippen molar-refractivity contribution in [3.05, 3.63) is 97.2 Å². The number of phosphoric acid groups is 1. The maximum atomic E-state index is 12.8. The van der Waals surface area contributed by atoms with Crippen molar-refractivity contribution < 1.29 is 42.1 Å². The number of carbonyl (C=O) groups excluding carboxylic acids is 2. The molecule has 0 aromatic rings. The number of hydrogen-bond acceptors (Lipinski definition) is 7. The smallest absolute Gasteiger partial charge is 0.462 e. The molecule has 76 heavy (non-hydrogen) atoms. The number of hydrogen-bond donors (Lipinski definition) is 1. The third-order valence-electron chi connectivity index (χ3n) is 13.1. The molecule has 0 aliphatic heterocycles. The Bertz CT molecular complexity index is 1600. The molecule has 1 N–H and O–H groups in total. The molecular weight excluding hydrogens is 966 g/mol. The summed E-state index contributed by atoms with van der Waals surface area (Å²) in [6.45, 7) is 4.29. The Morgan fingerprint density at radius 1 is 0.421 bits per heavy atom. The minimum absolute atomic E-state index is 0.0235. The molecule has 0 saturated carbocycles. The minimum Gasteiger partial charge on any atom is -0.462 e. The fourth-order valence-corrected chi connectivity index (χ4v) is 9.09. The van der Waals surface area contributed by atoms with Crippen LogP contribution in [0, 0.1) is 0 Å². The van der Waals surface area contributed by atoms with Gasteiger partial charge in [0.2, 0.25) is 0 Å². The lowest BCUT2D eigenvalue weighted by molar-refractivity contribution is -0.870. The number of phosphoric ester groups is 1. The number of quaternary nitrogens is 1. The van der Waals surface area contributed by atoms with E-state index in [-0.39, 0.29) is 32.0 Å². The van der Waals surface area contributed by atoms with E-state index >= 15 is 0 Å². The third kappa shape index (κ3) is 60.2. The van der Waals surface area contributed by atoms with Crippen molar-refractivity contribution in [3.63, 3.8) is 0 Å². The highest BCUT2D eigenvalue weighted by atomic mass is 31.2. The van der Waals surface area contributed by atoms with Gasteiger partial charge < -0.3 is 18.9 Å². The van der Waals surface area contributed by atoms with Crippen molar-refractivity contribution in [1.82, 2.24) is 0 Å². The van der Waals surface area contributed by atoms with Crippen molar-refractivity contribution in [1.29, 1.82) is 0 Å². The Labute approximate surface area is 468 Å². The fourth-order valence-electron chi connectivity index (χ4n) is 8.34. The maximum absolute atomic E-state index is 12.8. The second kappa shape index (κ2) is 56.6. The summed E-state index contributed by atoms with van der Waals surface area (Å²) in [7, 11) is 1.46. The number of allylic oxidation sites excluding steroid dienone is 16. The van der Waals surface area contributed by atoms with E-state index < -0.39 is 26.5 Å². The monoisotopic (exact) mass is 1080 g/mol. The van der Waals surface area contributed by atoms with Gasteiger partial charge in [0.15, 0.2) is 6.10 Å². The Balaban J connectivity index is 4.12. The zero-order valence-electron chi connectivity index (χ0n) is 49.7. The second-order valence-corrected chi connectivity index (χ2v) is 23.2. The topological polar surface area (TPSA) is 108 Å². The number of likely N-dealkylation sites (N-methyl/N-ethyl adjacent to an activating group) is 1. The summed E-state index contributed by atoms with van der Waals surface area (Å²) in [5.41, 5.74) is 0. The van der Waals surface area contributed by atoms with Crippen LogP contribution in [-0.2, 0) is 32.7 Å². The highest BCUT2D eigenvalue weighted by molar-refractivity contribution is 7.47. The average molecular weight is 1080 g/mol. The van der Waals surface area contributed by atoms with Crippen LogP contribution in [-0.4, -0.2) is 74.9 Å². The van der Waals surface area contributed by atoms with Gasteiger partial charge in [-0.2, -0.15) is 0 Å². The van der Waals surface area contributed by atoms with E-state index in [0.29, 0.717) is 17.4 Å². The molecule has 0 heterocycles. The van der Waals surface area contributed by atoms with E-state index in [2.05, 4.69) is 111 Å². The first kappa shape index (κ1) is 72.9. The van der Waals surface area contributed by atoms with Gasteiger partial charge in [0.05, 0.1) is 27.7 Å². The summed E-state index contributed by atoms with van der Waals surface area (Å²) >= 11 is 0. The number of carbonyl (C=O) groups is 2. The number of nitrogens with zero attached hydrogens (tertiary/aromatic N) is 1. The van der Waals surface area contributed by atoms with Crippen LogP contribution >= 0.6 is 7.82 Å². The van der Waals surface area contributed by atoms with Crippen LogP contribution in [0.5, 0.6) is 0 Å². The molecule has 0 amide bonds. The van der Waals surface area contributed by atoms with Gasteiger partial charge in [-0.25, -0.2) is 4.57 Å². The first-order valence-corrected chi connectivity index (χ1v) is 32.5. The molecule has 0 rings (SSSR count). The van der Waals surface area contributed by atoms with Gasteiger partial charge in [-0.05, 0) is 96.3 Å². The van der Waals surface area contributed by atoms with Crippen LogP contribution in [0.25, 0.3) is 0 Å². The van der Waals surface area contributed by atoms with Crippen LogP contribution in [0.1, 0.15) is 258 Å². The SMILES string of the molecule is CC/C=C\C/C=C\C/C=C\C/C=C\C/C=C\CCCCCCCC(=O)OC(COC(=O)CCCCCCCCCCCCCCCCCC/C=C\C/C=C\C/C=C\CCCCCCC)COP(=O)(O)OCC[N+](C)(C)C. The minimum atomic E-state index is -4.40. The zero-order chi connectivity index (χ0) is 55.6. The predicted octanol–water partition coefficient (Wildman–Crippen LogP) is 19.6. The molecule has 0 saturated heterocycles. The summed E-state index contributed by atoms with van der Waals surface area (Å²) < 4.78 is 34.6. The summed E-state index contributed by atoms with van der Waals surface area (Å²) in [5, 5.41) is 0. The van der Waals surface area contributed by atoms with Gasteiger partial charge in [-0.15, -0.1) is 0 Å². The Kier molecular flexibility index (Phi) is 54.4. The lowest BCUT2D eigenvalue weighted by Crippen LogP contribution is -2.37. The van der Waals surface area contributed by atoms with Gasteiger partial charge in [-0.1, -0.05) is 246 Å². The standard InChI is InChI=1S/C66H116NO8P/c1-6-8-10-12-14-16-18-20-22-24-26-28-29-30-31-32-33-34-35-36-37-39-40-42-44-46-48-50-52-54-56-58-65(68)72-62-64(63-74-76(70,71)73-61-60-67(3,4)5)75-66(69)59-57-55-53-51-49-47-45-43-41-38-27-25-23-21-19-17-15-13-11-9-7-2/h9,11,15,17-18,20-21,23-24,26-27,29-30,38,43,45,64H,6-8,10,12-14,16,19,22,25,28,31-37,39-42,44,46-63H2,1-5H3/p+1/b11-9-,17-15-,20-18-,23-21-,26-24-,30-29-,38-27-,45-43-. The lowest BCUT2D eigenvalue weighted by atomic mass is 10.0. The van der Waals surface area contributed by atoms with Crippen LogP contribution in [0.4, 0.5) is 0 Å². The quantitative estimate of drug-likeness (QED) is 0.0211. The molecule has 0 fully saturated rings. The molecule has 0 bridgehead atoms. The van der Waals surface area contributed by atoms with Gasteiger partial charge in [-0.3, -0.25) is 18.6 Å². The normalized spacial score (nSPS) is 13.9. The molecular formula is C66H117NO8P+. The molecule has 10 heteroatoms. The number of unbranched alkanes of at least 4 members (excludes halogenated alkanes) is 26. The van der Waals surface area contributed by atoms with Crippen molar-refractivity contribution in [2.24, 2.45) is 0 Å². The highest BCUT2D eigenvalue weighted by Gasteiger charge is 2.27. The van der Waals surface area contributed by atoms with Crippen LogP contribution in [0.15, 0.2) is 97.2 Å². The van der Waals surface area contributed by atoms with Crippen LogP contribution < -0.4 is 0 Å². The number of ether oxygens (including phenoxy) is 2. The molecule has 9 nitrogen and oxygen atoms in total. The largest absolute Gasteiger partial charge is 0.472 e. The first-order valence-electron chi connectivity index (χ1n) is 31.0. The Morgan fingerprint density at radius 2 is 0.750 bits per heavy atom. The van der Waals surface area contributed by atoms with E-state index in [1.54, 1.807) is 0 Å². The van der Waals surface area contributed by atoms with E-state index in [9.17, 15) is 19.0 Å². The van der Waals surface area contributed by atoms with E-state index in [1.807, 2.05) is 21.1 Å². The highest BCUT2D eigenvalue weighted by Crippen LogP contribution is 2.43. The molecule has 438 valence electrons. The Morgan fingerprint density at radius 3 is 1.12 bits per heavy atom. The summed E-state index contributed by atoms with van der Waals surface area (Å²) in [5.74, 6) is -0.819. The van der Waals surface area contributed by atoms with E-state index in [1.165, 1.54) is 128 Å². The number of esters is 2. The van der Waals surface area contributed by atoms with Crippen molar-refractivity contribution >= 4 is 19.8 Å². The van der Waals surface area contributed by atoms with Crippen LogP contribution in [0.2, 0.25) is 0 Å². The molecule has 0 aromatic heterocycles. The van der Waals surface area contributed by atoms with Crippen molar-refractivity contribution in [2.75, 3.05) is 47.5 Å². The third-order valence-corrected chi connectivity index (χ3v) is 14.1. The molecule has 0 aliphatic rings. The lowest BCUT2D eigenvalue weighted by Gasteiger charge is -2.24. The van der Waals surface area contributed by atoms with Crippen LogP contribution in [0.3, 0.4) is 0 Å². The predicted molar refractivity (Wildman–Crippen MR) is 325 cm³/mol. The zero-order valence-corrected chi connectivity index (χ0v) is 50.6. The van der Waals surface area contributed by atoms with Crippen molar-refractivity contribution in [2.45, 2.75) is 264 Å². The maximum Gasteiger partial charge on any atom is 0.472 e. The van der Waals surface area contributed by atoms with Gasteiger partial charge in [0, 0.05) is 12.8 Å². The van der Waals surface area contributed by atoms with Crippen molar-refractivity contribution in [3.8, 4) is 0 Å². The van der Waals surface area contributed by atoms with E-state index in [0.717, 1.165) is 96.3 Å². The molecule has 0 radical (unpaired) electrons. The van der Waals surface area contributed by atoms with Gasteiger partial charge in [0.1, 0.15) is 19.8 Å². The molecule has 2 atom stereocenters. The van der Waals surface area contributed by atoms with E-state index in [4.69, 9.17) is 18.5 Å². The summed E-state index contributed by atoms with van der Waals surface area (Å²) in [4.78, 5) is 35.7. The molecule has 0 aliphatic carbocycles. The number of rotatable bonds is 56. The molecule has 2 unspecified atom stereocenters. The Hall–Kier alpha value is -3.07. The molecule has 0 aromatic carbocycles.